The van der Waals surface area contributed by atoms with Crippen molar-refractivity contribution in [2.45, 2.75) is 39.5 Å². The average molecular weight is 192 g/mol. The number of hydrogen-bond acceptors (Lipinski definition) is 2. The van der Waals surface area contributed by atoms with E-state index in [0.717, 1.165) is 18.7 Å². The van der Waals surface area contributed by atoms with E-state index >= 15 is 0 Å². The summed E-state index contributed by atoms with van der Waals surface area (Å²) in [5, 5.41) is 0. The molecule has 0 saturated carbocycles. The predicted molar refractivity (Wildman–Crippen MR) is 60.4 cm³/mol. The standard InChI is InChI=1S/C12H20N2/c1-9-7-11(8-14-10(9)2)12(3,4)5-6-13/h7-8H,5-6,13H2,1-4H3. The van der Waals surface area contributed by atoms with Crippen LogP contribution >= 0.6 is 0 Å². The Morgan fingerprint density at radius 2 is 2.00 bits per heavy atom. The van der Waals surface area contributed by atoms with Gasteiger partial charge >= 0.3 is 0 Å². The van der Waals surface area contributed by atoms with Gasteiger partial charge in [-0.2, -0.15) is 0 Å². The molecule has 0 aliphatic rings. The Kier molecular flexibility index (Phi) is 3.27. The van der Waals surface area contributed by atoms with Gasteiger partial charge in [-0.1, -0.05) is 19.9 Å². The van der Waals surface area contributed by atoms with E-state index < -0.39 is 0 Å². The summed E-state index contributed by atoms with van der Waals surface area (Å²) in [5.74, 6) is 0. The first-order valence-electron chi connectivity index (χ1n) is 5.11. The summed E-state index contributed by atoms with van der Waals surface area (Å²) >= 11 is 0. The summed E-state index contributed by atoms with van der Waals surface area (Å²) in [6.45, 7) is 9.29. The molecule has 1 aromatic rings. The molecule has 0 aromatic carbocycles. The van der Waals surface area contributed by atoms with Crippen LogP contribution < -0.4 is 5.73 Å². The maximum Gasteiger partial charge on any atom is 0.0401 e. The summed E-state index contributed by atoms with van der Waals surface area (Å²) in [6, 6.07) is 2.22. The number of nitrogens with two attached hydrogens (primary N) is 1. The van der Waals surface area contributed by atoms with Gasteiger partial charge < -0.3 is 5.73 Å². The van der Waals surface area contributed by atoms with Crippen molar-refractivity contribution in [3.63, 3.8) is 0 Å². The topological polar surface area (TPSA) is 38.9 Å². The Labute approximate surface area is 86.5 Å². The molecular formula is C12H20N2. The van der Waals surface area contributed by atoms with Gasteiger partial charge in [0.25, 0.3) is 0 Å². The van der Waals surface area contributed by atoms with Gasteiger partial charge in [0.1, 0.15) is 0 Å². The number of rotatable bonds is 3. The molecule has 1 heterocycles. The minimum atomic E-state index is 0.139. The Morgan fingerprint density at radius 3 is 2.50 bits per heavy atom. The van der Waals surface area contributed by atoms with Crippen molar-refractivity contribution in [3.8, 4) is 0 Å². The van der Waals surface area contributed by atoms with E-state index in [2.05, 4.69) is 31.8 Å². The average Bonchev–Trinajstić information content (AvgIpc) is 2.09. The zero-order valence-electron chi connectivity index (χ0n) is 9.59. The monoisotopic (exact) mass is 192 g/mol. The SMILES string of the molecule is Cc1cc(C(C)(C)CCN)cnc1C. The number of pyridine rings is 1. The smallest absolute Gasteiger partial charge is 0.0401 e. The van der Waals surface area contributed by atoms with Crippen LogP contribution in [0.25, 0.3) is 0 Å². The Balaban J connectivity index is 3.01. The van der Waals surface area contributed by atoms with Crippen LogP contribution in [0.2, 0.25) is 0 Å². The Hall–Kier alpha value is -0.890. The second-order valence-corrected chi connectivity index (χ2v) is 4.55. The zero-order chi connectivity index (χ0) is 10.8. The second-order valence-electron chi connectivity index (χ2n) is 4.55. The Morgan fingerprint density at radius 1 is 1.36 bits per heavy atom. The summed E-state index contributed by atoms with van der Waals surface area (Å²) in [6.07, 6.45) is 2.97. The van der Waals surface area contributed by atoms with Crippen LogP contribution in [0.3, 0.4) is 0 Å². The second kappa shape index (κ2) is 4.09. The van der Waals surface area contributed by atoms with Crippen LogP contribution in [0.1, 0.15) is 37.1 Å². The molecule has 0 fully saturated rings. The van der Waals surface area contributed by atoms with E-state index in [1.165, 1.54) is 11.1 Å². The molecule has 0 saturated heterocycles. The third-order valence-corrected chi connectivity index (χ3v) is 2.89. The third-order valence-electron chi connectivity index (χ3n) is 2.89. The fourth-order valence-corrected chi connectivity index (χ4v) is 1.52. The highest BCUT2D eigenvalue weighted by atomic mass is 14.7. The summed E-state index contributed by atoms with van der Waals surface area (Å²) in [7, 11) is 0. The molecule has 14 heavy (non-hydrogen) atoms. The first kappa shape index (κ1) is 11.2. The fraction of sp³-hybridized carbons (Fsp3) is 0.583. The first-order valence-corrected chi connectivity index (χ1v) is 5.11. The van der Waals surface area contributed by atoms with Crippen molar-refractivity contribution < 1.29 is 0 Å². The van der Waals surface area contributed by atoms with E-state index in [0.29, 0.717) is 0 Å². The van der Waals surface area contributed by atoms with Crippen LogP contribution in [-0.4, -0.2) is 11.5 Å². The van der Waals surface area contributed by atoms with Crippen LogP contribution in [0.5, 0.6) is 0 Å². The van der Waals surface area contributed by atoms with Crippen LogP contribution in [0, 0.1) is 13.8 Å². The third kappa shape index (κ3) is 2.32. The predicted octanol–water partition coefficient (Wildman–Crippen LogP) is 2.32. The van der Waals surface area contributed by atoms with Crippen molar-refractivity contribution in [1.82, 2.24) is 4.98 Å². The van der Waals surface area contributed by atoms with Crippen molar-refractivity contribution in [1.29, 1.82) is 0 Å². The van der Waals surface area contributed by atoms with Crippen molar-refractivity contribution >= 4 is 0 Å². The summed E-state index contributed by atoms with van der Waals surface area (Å²) < 4.78 is 0. The lowest BCUT2D eigenvalue weighted by molar-refractivity contribution is 0.485. The highest BCUT2D eigenvalue weighted by molar-refractivity contribution is 5.28. The molecular weight excluding hydrogens is 172 g/mol. The fourth-order valence-electron chi connectivity index (χ4n) is 1.52. The molecule has 0 atom stereocenters. The van der Waals surface area contributed by atoms with E-state index in [9.17, 15) is 0 Å². The molecule has 0 amide bonds. The maximum atomic E-state index is 5.60. The number of hydrogen-bond donors (Lipinski definition) is 1. The molecule has 0 bridgehead atoms. The number of aromatic nitrogens is 1. The lowest BCUT2D eigenvalue weighted by atomic mass is 9.82. The highest BCUT2D eigenvalue weighted by Crippen LogP contribution is 2.26. The van der Waals surface area contributed by atoms with Gasteiger partial charge in [0, 0.05) is 11.9 Å². The van der Waals surface area contributed by atoms with Gasteiger partial charge in [-0.05, 0) is 43.4 Å². The van der Waals surface area contributed by atoms with Crippen LogP contribution in [-0.2, 0) is 5.41 Å². The zero-order valence-corrected chi connectivity index (χ0v) is 9.59. The molecule has 0 aliphatic heterocycles. The quantitative estimate of drug-likeness (QED) is 0.798. The van der Waals surface area contributed by atoms with E-state index in [-0.39, 0.29) is 5.41 Å². The largest absolute Gasteiger partial charge is 0.330 e. The molecule has 0 spiro atoms. The van der Waals surface area contributed by atoms with Gasteiger partial charge in [-0.25, -0.2) is 0 Å². The highest BCUT2D eigenvalue weighted by Gasteiger charge is 2.20. The van der Waals surface area contributed by atoms with Crippen LogP contribution in [0.15, 0.2) is 12.3 Å². The molecule has 2 N–H and O–H groups in total. The van der Waals surface area contributed by atoms with Gasteiger partial charge in [-0.15, -0.1) is 0 Å². The molecule has 2 nitrogen and oxygen atoms in total. The van der Waals surface area contributed by atoms with Gasteiger partial charge in [-0.3, -0.25) is 4.98 Å². The van der Waals surface area contributed by atoms with Gasteiger partial charge in [0.05, 0.1) is 0 Å². The minimum Gasteiger partial charge on any atom is -0.330 e. The van der Waals surface area contributed by atoms with Crippen LogP contribution in [0.4, 0.5) is 0 Å². The van der Waals surface area contributed by atoms with Crippen molar-refractivity contribution in [3.05, 3.63) is 29.1 Å². The molecule has 1 rings (SSSR count). The van der Waals surface area contributed by atoms with E-state index in [1.807, 2.05) is 13.1 Å². The summed E-state index contributed by atoms with van der Waals surface area (Å²) in [5.41, 5.74) is 9.39. The van der Waals surface area contributed by atoms with Crippen molar-refractivity contribution in [2.24, 2.45) is 5.73 Å². The first-order chi connectivity index (χ1) is 6.47. The van der Waals surface area contributed by atoms with E-state index in [4.69, 9.17) is 5.73 Å². The minimum absolute atomic E-state index is 0.139. The molecule has 78 valence electrons. The number of nitrogens with zero attached hydrogens (tertiary/aromatic N) is 1. The van der Waals surface area contributed by atoms with E-state index in [1.54, 1.807) is 0 Å². The lowest BCUT2D eigenvalue weighted by Gasteiger charge is -2.24. The molecule has 1 aromatic heterocycles. The molecule has 0 unspecified atom stereocenters. The molecule has 0 radical (unpaired) electrons. The number of aryl methyl sites for hydroxylation is 2. The normalized spacial score (nSPS) is 11.8. The maximum absolute atomic E-state index is 5.60. The molecule has 0 aliphatic carbocycles. The summed E-state index contributed by atoms with van der Waals surface area (Å²) in [4.78, 5) is 4.39. The lowest BCUT2D eigenvalue weighted by Crippen LogP contribution is -2.22. The van der Waals surface area contributed by atoms with Crippen molar-refractivity contribution in [2.75, 3.05) is 6.54 Å². The van der Waals surface area contributed by atoms with Gasteiger partial charge in [0.2, 0.25) is 0 Å². The van der Waals surface area contributed by atoms with Gasteiger partial charge in [0.15, 0.2) is 0 Å². The Bertz CT molecular complexity index is 316. The molecule has 2 heteroatoms.